The van der Waals surface area contributed by atoms with Crippen LogP contribution < -0.4 is 0 Å². The van der Waals surface area contributed by atoms with Crippen LogP contribution in [0.3, 0.4) is 0 Å². The second-order valence-electron chi connectivity index (χ2n) is 3.50. The summed E-state index contributed by atoms with van der Waals surface area (Å²) < 4.78 is 13.3. The van der Waals surface area contributed by atoms with E-state index in [1.165, 1.54) is 17.8 Å². The zero-order valence-electron chi connectivity index (χ0n) is 9.06. The largest absolute Gasteiger partial charge is 0.206 e. The van der Waals surface area contributed by atoms with Crippen molar-refractivity contribution >= 4 is 11.8 Å². The first-order chi connectivity index (χ1) is 8.31. The number of hydrogen-bond acceptors (Lipinski definition) is 2. The highest BCUT2D eigenvalue weighted by molar-refractivity contribution is 7.98. The van der Waals surface area contributed by atoms with Gasteiger partial charge in [-0.1, -0.05) is 36.4 Å². The van der Waals surface area contributed by atoms with Gasteiger partial charge in [-0.25, -0.2) is 4.39 Å². The topological polar surface area (TPSA) is 23.8 Å². The minimum Gasteiger partial charge on any atom is -0.206 e. The number of halogens is 1. The van der Waals surface area contributed by atoms with E-state index in [-0.39, 0.29) is 5.56 Å². The molecule has 84 valence electrons. The molecular formula is C14H10FNS. The molecule has 0 amide bonds. The summed E-state index contributed by atoms with van der Waals surface area (Å²) in [4.78, 5) is 0.691. The van der Waals surface area contributed by atoms with Gasteiger partial charge in [0.25, 0.3) is 0 Å². The van der Waals surface area contributed by atoms with Crippen LogP contribution in [-0.4, -0.2) is 0 Å². The van der Waals surface area contributed by atoms with E-state index < -0.39 is 5.82 Å². The standard InChI is InChI=1S/C14H10FNS/c15-13-7-4-8-14(12(13)9-16)17-10-11-5-2-1-3-6-11/h1-8H,10H2. The predicted molar refractivity (Wildman–Crippen MR) is 67.1 cm³/mol. The average Bonchev–Trinajstić information content (AvgIpc) is 2.37. The molecule has 3 heteroatoms. The van der Waals surface area contributed by atoms with Crippen LogP contribution in [0, 0.1) is 17.1 Å². The Labute approximate surface area is 104 Å². The van der Waals surface area contributed by atoms with Crippen LogP contribution in [0.25, 0.3) is 0 Å². The number of hydrogen-bond donors (Lipinski definition) is 0. The molecule has 0 heterocycles. The van der Waals surface area contributed by atoms with Gasteiger partial charge >= 0.3 is 0 Å². The average molecular weight is 243 g/mol. The minimum absolute atomic E-state index is 0.133. The van der Waals surface area contributed by atoms with Crippen molar-refractivity contribution in [3.8, 4) is 6.07 Å². The minimum atomic E-state index is -0.453. The van der Waals surface area contributed by atoms with Gasteiger partial charge in [-0.05, 0) is 17.7 Å². The fourth-order valence-electron chi connectivity index (χ4n) is 1.47. The quantitative estimate of drug-likeness (QED) is 0.761. The first-order valence-electron chi connectivity index (χ1n) is 5.16. The summed E-state index contributed by atoms with van der Waals surface area (Å²) >= 11 is 1.48. The predicted octanol–water partition coefficient (Wildman–Crippen LogP) is 3.99. The third kappa shape index (κ3) is 2.86. The van der Waals surface area contributed by atoms with Gasteiger partial charge in [0.1, 0.15) is 17.4 Å². The molecule has 0 N–H and O–H groups in total. The molecule has 0 atom stereocenters. The van der Waals surface area contributed by atoms with Gasteiger partial charge in [-0.3, -0.25) is 0 Å². The van der Waals surface area contributed by atoms with E-state index in [1.807, 2.05) is 36.4 Å². The molecule has 0 radical (unpaired) electrons. The molecule has 17 heavy (non-hydrogen) atoms. The molecule has 0 aliphatic carbocycles. The summed E-state index contributed by atoms with van der Waals surface area (Å²) in [5, 5.41) is 8.89. The molecule has 2 aromatic rings. The summed E-state index contributed by atoms with van der Waals surface area (Å²) in [7, 11) is 0. The molecule has 2 rings (SSSR count). The number of benzene rings is 2. The van der Waals surface area contributed by atoms with E-state index in [2.05, 4.69) is 0 Å². The van der Waals surface area contributed by atoms with Gasteiger partial charge < -0.3 is 0 Å². The second kappa shape index (κ2) is 5.51. The zero-order chi connectivity index (χ0) is 12.1. The van der Waals surface area contributed by atoms with Crippen molar-refractivity contribution in [3.05, 3.63) is 65.5 Å². The van der Waals surface area contributed by atoms with Crippen LogP contribution in [0.1, 0.15) is 11.1 Å². The van der Waals surface area contributed by atoms with Gasteiger partial charge in [0.15, 0.2) is 0 Å². The third-order valence-corrected chi connectivity index (χ3v) is 3.45. The highest BCUT2D eigenvalue weighted by atomic mass is 32.2. The van der Waals surface area contributed by atoms with Crippen molar-refractivity contribution in [1.29, 1.82) is 5.26 Å². The summed E-state index contributed by atoms with van der Waals surface area (Å²) in [6.45, 7) is 0. The van der Waals surface area contributed by atoms with Crippen molar-refractivity contribution in [2.45, 2.75) is 10.6 Å². The maximum atomic E-state index is 13.3. The van der Waals surface area contributed by atoms with Crippen molar-refractivity contribution in [1.82, 2.24) is 0 Å². The maximum Gasteiger partial charge on any atom is 0.142 e. The van der Waals surface area contributed by atoms with Crippen molar-refractivity contribution in [2.75, 3.05) is 0 Å². The van der Waals surface area contributed by atoms with Crippen molar-refractivity contribution < 1.29 is 4.39 Å². The van der Waals surface area contributed by atoms with Crippen LogP contribution in [0.2, 0.25) is 0 Å². The fraction of sp³-hybridized carbons (Fsp3) is 0.0714. The van der Waals surface area contributed by atoms with Gasteiger partial charge in [0.2, 0.25) is 0 Å². The maximum absolute atomic E-state index is 13.3. The SMILES string of the molecule is N#Cc1c(F)cccc1SCc1ccccc1. The van der Waals surface area contributed by atoms with Gasteiger partial charge in [0.05, 0.1) is 0 Å². The normalized spacial score (nSPS) is 9.88. The molecule has 0 aromatic heterocycles. The van der Waals surface area contributed by atoms with E-state index in [0.717, 1.165) is 11.3 Å². The number of rotatable bonds is 3. The van der Waals surface area contributed by atoms with Crippen LogP contribution in [-0.2, 0) is 5.75 Å². The Kier molecular flexibility index (Phi) is 3.79. The highest BCUT2D eigenvalue weighted by Gasteiger charge is 2.07. The Bertz CT molecular complexity index is 546. The van der Waals surface area contributed by atoms with Crippen molar-refractivity contribution in [2.24, 2.45) is 0 Å². The first-order valence-corrected chi connectivity index (χ1v) is 6.15. The van der Waals surface area contributed by atoms with Crippen LogP contribution >= 0.6 is 11.8 Å². The Morgan fingerprint density at radius 1 is 1.06 bits per heavy atom. The molecule has 2 aromatic carbocycles. The number of nitriles is 1. The molecule has 0 bridgehead atoms. The summed E-state index contributed by atoms with van der Waals surface area (Å²) in [5.41, 5.74) is 1.29. The Morgan fingerprint density at radius 3 is 2.53 bits per heavy atom. The lowest BCUT2D eigenvalue weighted by molar-refractivity contribution is 0.620. The monoisotopic (exact) mass is 243 g/mol. The Balaban J connectivity index is 2.15. The highest BCUT2D eigenvalue weighted by Crippen LogP contribution is 2.27. The van der Waals surface area contributed by atoms with E-state index in [1.54, 1.807) is 12.1 Å². The fourth-order valence-corrected chi connectivity index (χ4v) is 2.45. The third-order valence-electron chi connectivity index (χ3n) is 2.32. The van der Waals surface area contributed by atoms with Crippen LogP contribution in [0.15, 0.2) is 53.4 Å². The summed E-state index contributed by atoms with van der Waals surface area (Å²) in [6.07, 6.45) is 0. The van der Waals surface area contributed by atoms with E-state index in [4.69, 9.17) is 5.26 Å². The van der Waals surface area contributed by atoms with Crippen LogP contribution in [0.4, 0.5) is 4.39 Å². The number of nitrogens with zero attached hydrogens (tertiary/aromatic N) is 1. The van der Waals surface area contributed by atoms with E-state index in [9.17, 15) is 4.39 Å². The lowest BCUT2D eigenvalue weighted by atomic mass is 10.2. The smallest absolute Gasteiger partial charge is 0.142 e. The Hall–Kier alpha value is -1.79. The van der Waals surface area contributed by atoms with Gasteiger partial charge in [0, 0.05) is 10.6 Å². The summed E-state index contributed by atoms with van der Waals surface area (Å²) in [5.74, 6) is 0.282. The molecular weight excluding hydrogens is 233 g/mol. The molecule has 1 nitrogen and oxygen atoms in total. The Morgan fingerprint density at radius 2 is 1.82 bits per heavy atom. The van der Waals surface area contributed by atoms with Gasteiger partial charge in [-0.2, -0.15) is 5.26 Å². The molecule has 0 fully saturated rings. The molecule has 0 unspecified atom stereocenters. The molecule has 0 spiro atoms. The molecule has 0 aliphatic heterocycles. The lowest BCUT2D eigenvalue weighted by Gasteiger charge is -2.04. The zero-order valence-corrected chi connectivity index (χ0v) is 9.88. The second-order valence-corrected chi connectivity index (χ2v) is 4.52. The van der Waals surface area contributed by atoms with Crippen LogP contribution in [0.5, 0.6) is 0 Å². The summed E-state index contributed by atoms with van der Waals surface area (Å²) in [6, 6.07) is 16.5. The number of thioether (sulfide) groups is 1. The van der Waals surface area contributed by atoms with E-state index in [0.29, 0.717) is 4.90 Å². The molecule has 0 saturated heterocycles. The first kappa shape index (κ1) is 11.7. The molecule has 0 aliphatic rings. The van der Waals surface area contributed by atoms with Gasteiger partial charge in [-0.15, -0.1) is 11.8 Å². The van der Waals surface area contributed by atoms with Crippen molar-refractivity contribution in [3.63, 3.8) is 0 Å². The lowest BCUT2D eigenvalue weighted by Crippen LogP contribution is -1.88. The van der Waals surface area contributed by atoms with E-state index >= 15 is 0 Å². The molecule has 0 saturated carbocycles.